The summed E-state index contributed by atoms with van der Waals surface area (Å²) in [6.07, 6.45) is 3.71. The number of nitrogens with one attached hydrogen (secondary N) is 1. The Morgan fingerprint density at radius 2 is 1.57 bits per heavy atom. The molecule has 1 aliphatic carbocycles. The minimum atomic E-state index is -4.37. The summed E-state index contributed by atoms with van der Waals surface area (Å²) in [7, 11) is -4.37. The van der Waals surface area contributed by atoms with Crippen LogP contribution in [0.3, 0.4) is 0 Å². The average Bonchev–Trinajstić information content (AvgIpc) is 3.44. The van der Waals surface area contributed by atoms with E-state index in [1.54, 1.807) is 26.0 Å². The highest BCUT2D eigenvalue weighted by Gasteiger charge is 2.34. The van der Waals surface area contributed by atoms with Gasteiger partial charge >= 0.3 is 0 Å². The van der Waals surface area contributed by atoms with Gasteiger partial charge in [-0.25, -0.2) is 17.2 Å². The molecule has 1 unspecified atom stereocenters. The van der Waals surface area contributed by atoms with E-state index in [4.69, 9.17) is 0 Å². The van der Waals surface area contributed by atoms with Gasteiger partial charge in [-0.2, -0.15) is 0 Å². The maximum absolute atomic E-state index is 15.0. The Bertz CT molecular complexity index is 1440. The van der Waals surface area contributed by atoms with E-state index >= 15 is 0 Å². The largest absolute Gasteiger partial charge is 0.352 e. The zero-order chi connectivity index (χ0) is 28.9. The molecule has 40 heavy (non-hydrogen) atoms. The fraction of sp³-hybridized carbons (Fsp3) is 0.333. The number of aryl methyl sites for hydroxylation is 1. The van der Waals surface area contributed by atoms with E-state index < -0.39 is 40.2 Å². The number of amides is 2. The van der Waals surface area contributed by atoms with Crippen LogP contribution >= 0.6 is 0 Å². The van der Waals surface area contributed by atoms with Crippen LogP contribution in [0.15, 0.2) is 77.7 Å². The zero-order valence-corrected chi connectivity index (χ0v) is 23.3. The number of sulfonamides is 1. The summed E-state index contributed by atoms with van der Waals surface area (Å²) >= 11 is 0. The van der Waals surface area contributed by atoms with Crippen molar-refractivity contribution < 1.29 is 26.8 Å². The Morgan fingerprint density at radius 3 is 2.20 bits per heavy atom. The van der Waals surface area contributed by atoms with Gasteiger partial charge in [0, 0.05) is 12.6 Å². The van der Waals surface area contributed by atoms with Crippen molar-refractivity contribution >= 4 is 27.5 Å². The predicted octanol–water partition coefficient (Wildman–Crippen LogP) is 4.94. The molecule has 1 atom stereocenters. The molecule has 0 radical (unpaired) electrons. The molecule has 2 amide bonds. The molecule has 1 saturated carbocycles. The summed E-state index contributed by atoms with van der Waals surface area (Å²) in [5.74, 6) is -2.36. The Balaban J connectivity index is 1.69. The fourth-order valence-corrected chi connectivity index (χ4v) is 6.19. The van der Waals surface area contributed by atoms with Gasteiger partial charge in [0.2, 0.25) is 11.8 Å². The van der Waals surface area contributed by atoms with Crippen molar-refractivity contribution in [3.63, 3.8) is 0 Å². The molecule has 7 nitrogen and oxygen atoms in total. The van der Waals surface area contributed by atoms with E-state index in [2.05, 4.69) is 5.32 Å². The minimum absolute atomic E-state index is 0.00884. The van der Waals surface area contributed by atoms with Gasteiger partial charge < -0.3 is 10.2 Å². The molecule has 212 valence electrons. The van der Waals surface area contributed by atoms with E-state index in [9.17, 15) is 26.8 Å². The lowest BCUT2D eigenvalue weighted by Crippen LogP contribution is -2.52. The third kappa shape index (κ3) is 6.85. The number of halogens is 2. The highest BCUT2D eigenvalue weighted by Crippen LogP contribution is 2.27. The summed E-state index contributed by atoms with van der Waals surface area (Å²) < 4.78 is 56.8. The number of nitrogens with zero attached hydrogens (tertiary/aromatic N) is 2. The van der Waals surface area contributed by atoms with Gasteiger partial charge in [-0.1, -0.05) is 54.8 Å². The molecule has 0 heterocycles. The van der Waals surface area contributed by atoms with Crippen molar-refractivity contribution in [1.29, 1.82) is 0 Å². The van der Waals surface area contributed by atoms with Gasteiger partial charge in [0.05, 0.1) is 10.6 Å². The lowest BCUT2D eigenvalue weighted by molar-refractivity contribution is -0.139. The van der Waals surface area contributed by atoms with Crippen LogP contribution in [0.5, 0.6) is 0 Å². The maximum Gasteiger partial charge on any atom is 0.264 e. The second kappa shape index (κ2) is 12.6. The normalized spacial score (nSPS) is 14.5. The van der Waals surface area contributed by atoms with Gasteiger partial charge in [0.25, 0.3) is 10.0 Å². The van der Waals surface area contributed by atoms with Crippen molar-refractivity contribution in [2.24, 2.45) is 0 Å². The van der Waals surface area contributed by atoms with Gasteiger partial charge in [-0.15, -0.1) is 0 Å². The van der Waals surface area contributed by atoms with Crippen LogP contribution in [0.2, 0.25) is 0 Å². The molecule has 1 N–H and O–H groups in total. The predicted molar refractivity (Wildman–Crippen MR) is 149 cm³/mol. The quantitative estimate of drug-likeness (QED) is 0.375. The molecule has 1 aliphatic rings. The third-order valence-corrected chi connectivity index (χ3v) is 8.92. The first-order chi connectivity index (χ1) is 19.1. The second-order valence-electron chi connectivity index (χ2n) is 10.1. The first kappa shape index (κ1) is 29.2. The molecule has 0 bridgehead atoms. The highest BCUT2D eigenvalue weighted by atomic mass is 32.2. The molecule has 3 aromatic rings. The van der Waals surface area contributed by atoms with Crippen molar-refractivity contribution in [2.45, 2.75) is 63.1 Å². The van der Waals surface area contributed by atoms with Crippen LogP contribution < -0.4 is 9.62 Å². The Kier molecular flexibility index (Phi) is 9.19. The first-order valence-electron chi connectivity index (χ1n) is 13.2. The molecule has 0 spiro atoms. The lowest BCUT2D eigenvalue weighted by atomic mass is 10.1. The van der Waals surface area contributed by atoms with Gasteiger partial charge in [0.15, 0.2) is 0 Å². The van der Waals surface area contributed by atoms with Crippen LogP contribution in [0.1, 0.15) is 43.7 Å². The monoisotopic (exact) mass is 569 g/mol. The number of hydrogen-bond donors (Lipinski definition) is 1. The van der Waals surface area contributed by atoms with Crippen molar-refractivity contribution in [1.82, 2.24) is 10.2 Å². The van der Waals surface area contributed by atoms with Gasteiger partial charge in [0.1, 0.15) is 24.2 Å². The molecule has 3 aromatic carbocycles. The van der Waals surface area contributed by atoms with E-state index in [0.717, 1.165) is 41.6 Å². The standard InChI is InChI=1S/C30H33F2N3O4S/c1-21-11-17-26(18-12-21)40(38,39)35(28-10-6-5-9-27(28)32)20-29(36)34(19-23-13-15-24(31)16-14-23)22(2)30(37)33-25-7-3-4-8-25/h5-6,9-18,22,25H,3-4,7-8,19-20H2,1-2H3,(H,33,37). The summed E-state index contributed by atoms with van der Waals surface area (Å²) in [6.45, 7) is 2.54. The molecule has 0 saturated heterocycles. The van der Waals surface area contributed by atoms with Gasteiger partial charge in [-0.3, -0.25) is 13.9 Å². The minimum Gasteiger partial charge on any atom is -0.352 e. The first-order valence-corrected chi connectivity index (χ1v) is 14.7. The van der Waals surface area contributed by atoms with Crippen molar-refractivity contribution in [3.05, 3.63) is 95.6 Å². The molecule has 0 aromatic heterocycles. The van der Waals surface area contributed by atoms with Crippen molar-refractivity contribution in [2.75, 3.05) is 10.8 Å². The number of hydrogen-bond acceptors (Lipinski definition) is 4. The van der Waals surface area contributed by atoms with Crippen LogP contribution in [-0.2, 0) is 26.2 Å². The second-order valence-corrected chi connectivity index (χ2v) is 12.0. The van der Waals surface area contributed by atoms with Crippen LogP contribution in [0.4, 0.5) is 14.5 Å². The number of anilines is 1. The summed E-state index contributed by atoms with van der Waals surface area (Å²) in [4.78, 5) is 28.2. The number of carbonyl (C=O) groups is 2. The van der Waals surface area contributed by atoms with Gasteiger partial charge in [-0.05, 0) is 68.7 Å². The Hall–Kier alpha value is -3.79. The molecular weight excluding hydrogens is 536 g/mol. The SMILES string of the molecule is Cc1ccc(S(=O)(=O)N(CC(=O)N(Cc2ccc(F)cc2)C(C)C(=O)NC2CCCC2)c2ccccc2F)cc1. The van der Waals surface area contributed by atoms with Crippen LogP contribution in [-0.4, -0.2) is 43.8 Å². The lowest BCUT2D eigenvalue weighted by Gasteiger charge is -2.32. The third-order valence-electron chi connectivity index (χ3n) is 7.14. The molecule has 4 rings (SSSR count). The summed E-state index contributed by atoms with van der Waals surface area (Å²) in [5.41, 5.74) is 1.09. The topological polar surface area (TPSA) is 86.8 Å². The average molecular weight is 570 g/mol. The van der Waals surface area contributed by atoms with Crippen LogP contribution in [0, 0.1) is 18.6 Å². The van der Waals surface area contributed by atoms with Crippen LogP contribution in [0.25, 0.3) is 0 Å². The highest BCUT2D eigenvalue weighted by molar-refractivity contribution is 7.92. The number of rotatable bonds is 10. The fourth-order valence-electron chi connectivity index (χ4n) is 4.77. The zero-order valence-electron chi connectivity index (χ0n) is 22.5. The Morgan fingerprint density at radius 1 is 0.950 bits per heavy atom. The maximum atomic E-state index is 15.0. The number of benzene rings is 3. The molecular formula is C30H33F2N3O4S. The number of carbonyl (C=O) groups excluding carboxylic acids is 2. The molecule has 1 fully saturated rings. The van der Waals surface area contributed by atoms with E-state index in [1.807, 2.05) is 0 Å². The smallest absolute Gasteiger partial charge is 0.264 e. The number of para-hydroxylation sites is 1. The van der Waals surface area contributed by atoms with E-state index in [1.165, 1.54) is 59.5 Å². The summed E-state index contributed by atoms with van der Waals surface area (Å²) in [5, 5.41) is 2.98. The molecule has 0 aliphatic heterocycles. The van der Waals surface area contributed by atoms with Crippen molar-refractivity contribution in [3.8, 4) is 0 Å². The molecule has 10 heteroatoms. The Labute approximate surface area is 233 Å². The summed E-state index contributed by atoms with van der Waals surface area (Å²) in [6, 6.07) is 15.9. The van der Waals surface area contributed by atoms with E-state index in [0.29, 0.717) is 5.56 Å². The van der Waals surface area contributed by atoms with E-state index in [-0.39, 0.29) is 29.1 Å².